The SMILES string of the molecule is CC(=O)C(C)(COS(=O)(=O)c1ccc(C)cc1)OC(C)(C)C. The molecule has 0 aliphatic rings. The van der Waals surface area contributed by atoms with Gasteiger partial charge in [0.25, 0.3) is 10.1 Å². The number of carbonyl (C=O) groups excluding carboxylic acids is 1. The van der Waals surface area contributed by atoms with Crippen molar-refractivity contribution in [3.05, 3.63) is 29.8 Å². The molecule has 0 spiro atoms. The van der Waals surface area contributed by atoms with E-state index in [4.69, 9.17) is 8.92 Å². The first kappa shape index (κ1) is 18.8. The van der Waals surface area contributed by atoms with Crippen molar-refractivity contribution in [2.45, 2.75) is 57.6 Å². The lowest BCUT2D eigenvalue weighted by molar-refractivity contribution is -0.165. The summed E-state index contributed by atoms with van der Waals surface area (Å²) in [6.07, 6.45) is 0. The Morgan fingerprint density at radius 3 is 2.00 bits per heavy atom. The Labute approximate surface area is 132 Å². The van der Waals surface area contributed by atoms with E-state index in [-0.39, 0.29) is 17.3 Å². The summed E-state index contributed by atoms with van der Waals surface area (Å²) in [6, 6.07) is 6.32. The minimum absolute atomic E-state index is 0.0553. The van der Waals surface area contributed by atoms with Crippen molar-refractivity contribution in [3.8, 4) is 0 Å². The van der Waals surface area contributed by atoms with Crippen LogP contribution in [-0.4, -0.2) is 32.0 Å². The van der Waals surface area contributed by atoms with E-state index >= 15 is 0 Å². The number of hydrogen-bond acceptors (Lipinski definition) is 5. The fourth-order valence-electron chi connectivity index (χ4n) is 1.84. The van der Waals surface area contributed by atoms with E-state index in [0.29, 0.717) is 0 Å². The number of hydrogen-bond donors (Lipinski definition) is 0. The zero-order valence-electron chi connectivity index (χ0n) is 14.0. The Morgan fingerprint density at radius 1 is 1.09 bits per heavy atom. The van der Waals surface area contributed by atoms with Crippen LogP contribution in [0, 0.1) is 6.92 Å². The highest BCUT2D eigenvalue weighted by Crippen LogP contribution is 2.24. The Morgan fingerprint density at radius 2 is 1.59 bits per heavy atom. The molecule has 0 radical (unpaired) electrons. The highest BCUT2D eigenvalue weighted by Gasteiger charge is 2.37. The standard InChI is InChI=1S/C16H24O5S/c1-12-7-9-14(10-8-12)22(18,19)20-11-16(6,13(2)17)21-15(3,4)5/h7-10H,11H2,1-6H3. The molecule has 1 aromatic rings. The molecular formula is C16H24O5S. The zero-order chi connectivity index (χ0) is 17.2. The van der Waals surface area contributed by atoms with Gasteiger partial charge in [-0.3, -0.25) is 8.98 Å². The van der Waals surface area contributed by atoms with Crippen molar-refractivity contribution >= 4 is 15.9 Å². The molecule has 0 aromatic heterocycles. The minimum atomic E-state index is -3.93. The second kappa shape index (κ2) is 6.48. The topological polar surface area (TPSA) is 69.7 Å². The molecule has 1 rings (SSSR count). The smallest absolute Gasteiger partial charge is 0.297 e. The van der Waals surface area contributed by atoms with Crippen molar-refractivity contribution < 1.29 is 22.1 Å². The highest BCUT2D eigenvalue weighted by atomic mass is 32.2. The number of aryl methyl sites for hydroxylation is 1. The van der Waals surface area contributed by atoms with Crippen LogP contribution in [0.25, 0.3) is 0 Å². The summed E-state index contributed by atoms with van der Waals surface area (Å²) < 4.78 is 35.1. The summed E-state index contributed by atoms with van der Waals surface area (Å²) in [6.45, 7) is 9.77. The van der Waals surface area contributed by atoms with Gasteiger partial charge in [-0.25, -0.2) is 0 Å². The van der Waals surface area contributed by atoms with Gasteiger partial charge in [-0.15, -0.1) is 0 Å². The van der Waals surface area contributed by atoms with Crippen LogP contribution >= 0.6 is 0 Å². The van der Waals surface area contributed by atoms with Gasteiger partial charge in [0.2, 0.25) is 0 Å². The summed E-state index contributed by atoms with van der Waals surface area (Å²) in [5.41, 5.74) is -0.975. The van der Waals surface area contributed by atoms with Gasteiger partial charge in [-0.05, 0) is 53.7 Å². The van der Waals surface area contributed by atoms with E-state index in [2.05, 4.69) is 0 Å². The van der Waals surface area contributed by atoms with Crippen LogP contribution in [-0.2, 0) is 23.8 Å². The van der Waals surface area contributed by atoms with Crippen LogP contribution in [0.3, 0.4) is 0 Å². The number of ether oxygens (including phenoxy) is 1. The first-order valence-corrected chi connectivity index (χ1v) is 8.44. The Kier molecular flexibility index (Phi) is 5.54. The van der Waals surface area contributed by atoms with E-state index in [1.54, 1.807) is 32.9 Å². The van der Waals surface area contributed by atoms with Crippen molar-refractivity contribution in [2.24, 2.45) is 0 Å². The lowest BCUT2D eigenvalue weighted by Gasteiger charge is -2.34. The molecule has 1 aromatic carbocycles. The predicted octanol–water partition coefficient (Wildman–Crippen LogP) is 2.86. The van der Waals surface area contributed by atoms with Gasteiger partial charge in [0.15, 0.2) is 5.78 Å². The summed E-state index contributed by atoms with van der Waals surface area (Å²) >= 11 is 0. The Balaban J connectivity index is 2.93. The van der Waals surface area contributed by atoms with Crippen LogP contribution in [0.2, 0.25) is 0 Å². The van der Waals surface area contributed by atoms with E-state index in [1.807, 2.05) is 6.92 Å². The van der Waals surface area contributed by atoms with Crippen molar-refractivity contribution in [1.82, 2.24) is 0 Å². The van der Waals surface area contributed by atoms with Gasteiger partial charge in [-0.2, -0.15) is 8.42 Å². The lowest BCUT2D eigenvalue weighted by Crippen LogP contribution is -2.47. The monoisotopic (exact) mass is 328 g/mol. The quantitative estimate of drug-likeness (QED) is 0.751. The molecule has 124 valence electrons. The average Bonchev–Trinajstić information content (AvgIpc) is 2.35. The van der Waals surface area contributed by atoms with Gasteiger partial charge >= 0.3 is 0 Å². The molecule has 0 saturated carbocycles. The molecule has 0 bridgehead atoms. The number of benzene rings is 1. The molecule has 0 saturated heterocycles. The summed E-state index contributed by atoms with van der Waals surface area (Å²) in [7, 11) is -3.93. The fraction of sp³-hybridized carbons (Fsp3) is 0.562. The summed E-state index contributed by atoms with van der Waals surface area (Å²) in [5, 5.41) is 0. The highest BCUT2D eigenvalue weighted by molar-refractivity contribution is 7.86. The van der Waals surface area contributed by atoms with Crippen molar-refractivity contribution in [3.63, 3.8) is 0 Å². The number of rotatable bonds is 6. The molecule has 0 heterocycles. The molecule has 0 amide bonds. The van der Waals surface area contributed by atoms with Crippen LogP contribution in [0.5, 0.6) is 0 Å². The third kappa shape index (κ3) is 5.19. The van der Waals surface area contributed by atoms with E-state index in [1.165, 1.54) is 26.0 Å². The Bertz CT molecular complexity index is 625. The molecule has 1 unspecified atom stereocenters. The molecule has 22 heavy (non-hydrogen) atoms. The van der Waals surface area contributed by atoms with Crippen molar-refractivity contribution in [2.75, 3.05) is 6.61 Å². The summed E-state index contributed by atoms with van der Waals surface area (Å²) in [4.78, 5) is 11.9. The summed E-state index contributed by atoms with van der Waals surface area (Å²) in [5.74, 6) is -0.290. The maximum absolute atomic E-state index is 12.2. The largest absolute Gasteiger partial charge is 0.359 e. The first-order valence-electron chi connectivity index (χ1n) is 7.03. The number of ketones is 1. The Hall–Kier alpha value is -1.24. The number of carbonyl (C=O) groups is 1. The lowest BCUT2D eigenvalue weighted by atomic mass is 10.0. The zero-order valence-corrected chi connectivity index (χ0v) is 14.8. The normalized spacial score (nSPS) is 15.4. The van der Waals surface area contributed by atoms with E-state index < -0.39 is 21.3 Å². The van der Waals surface area contributed by atoms with Crippen molar-refractivity contribution in [1.29, 1.82) is 0 Å². The van der Waals surface area contributed by atoms with Crippen LogP contribution < -0.4 is 0 Å². The third-order valence-electron chi connectivity index (χ3n) is 3.08. The maximum Gasteiger partial charge on any atom is 0.297 e. The van der Waals surface area contributed by atoms with E-state index in [0.717, 1.165) is 5.56 Å². The van der Waals surface area contributed by atoms with Crippen LogP contribution in [0.4, 0.5) is 0 Å². The van der Waals surface area contributed by atoms with Gasteiger partial charge in [-0.1, -0.05) is 17.7 Å². The maximum atomic E-state index is 12.2. The van der Waals surface area contributed by atoms with E-state index in [9.17, 15) is 13.2 Å². The van der Waals surface area contributed by atoms with Crippen LogP contribution in [0.15, 0.2) is 29.2 Å². The molecule has 1 atom stereocenters. The van der Waals surface area contributed by atoms with Gasteiger partial charge in [0.05, 0.1) is 10.5 Å². The molecule has 0 aliphatic carbocycles. The van der Waals surface area contributed by atoms with Gasteiger partial charge < -0.3 is 4.74 Å². The molecule has 0 N–H and O–H groups in total. The molecule has 0 fully saturated rings. The van der Waals surface area contributed by atoms with Crippen LogP contribution in [0.1, 0.15) is 40.2 Å². The minimum Gasteiger partial charge on any atom is -0.359 e. The first-order chi connectivity index (χ1) is 9.86. The second-order valence-electron chi connectivity index (χ2n) is 6.53. The predicted molar refractivity (Wildman–Crippen MR) is 84.2 cm³/mol. The van der Waals surface area contributed by atoms with Gasteiger partial charge in [0, 0.05) is 0 Å². The molecule has 0 aliphatic heterocycles. The molecule has 5 nitrogen and oxygen atoms in total. The third-order valence-corrected chi connectivity index (χ3v) is 4.35. The fourth-order valence-corrected chi connectivity index (χ4v) is 2.83. The van der Waals surface area contributed by atoms with Gasteiger partial charge in [0.1, 0.15) is 12.2 Å². The molecular weight excluding hydrogens is 304 g/mol. The molecule has 6 heteroatoms. The number of Topliss-reactive ketones (excluding diaryl/α,β-unsaturated/α-hetero) is 1. The average molecular weight is 328 g/mol. The second-order valence-corrected chi connectivity index (χ2v) is 8.15.